The molecule has 0 aliphatic carbocycles. The fourth-order valence-corrected chi connectivity index (χ4v) is 0.584. The summed E-state index contributed by atoms with van der Waals surface area (Å²) in [4.78, 5) is 10.1. The van der Waals surface area contributed by atoms with Crippen molar-refractivity contribution in [1.82, 2.24) is 0 Å². The molecule has 0 radical (unpaired) electrons. The monoisotopic (exact) mass is 149 g/mol. The first-order chi connectivity index (χ1) is 4.09. The van der Waals surface area contributed by atoms with Crippen LogP contribution in [0.3, 0.4) is 0 Å². The Labute approximate surface area is 59.6 Å². The van der Waals surface area contributed by atoms with Crippen LogP contribution in [-0.4, -0.2) is 22.9 Å². The Balaban J connectivity index is 3.72. The van der Waals surface area contributed by atoms with Crippen molar-refractivity contribution >= 4 is 18.6 Å². The Kier molecular flexibility index (Phi) is 3.65. The van der Waals surface area contributed by atoms with Crippen LogP contribution in [0.1, 0.15) is 6.92 Å². The lowest BCUT2D eigenvalue weighted by Crippen LogP contribution is -2.37. The molecule has 0 saturated heterocycles. The van der Waals surface area contributed by atoms with Crippen LogP contribution in [-0.2, 0) is 4.79 Å². The summed E-state index contributed by atoms with van der Waals surface area (Å²) in [5.41, 5.74) is 5.22. The first-order valence-corrected chi connectivity index (χ1v) is 3.32. The van der Waals surface area contributed by atoms with E-state index in [0.717, 1.165) is 0 Å². The lowest BCUT2D eigenvalue weighted by molar-refractivity contribution is -0.139. The predicted molar refractivity (Wildman–Crippen MR) is 38.6 cm³/mol. The Bertz CT molecular complexity index is 107. The summed E-state index contributed by atoms with van der Waals surface area (Å²) in [6.07, 6.45) is 0. The highest BCUT2D eigenvalue weighted by Gasteiger charge is 2.17. The van der Waals surface area contributed by atoms with Gasteiger partial charge in [-0.1, -0.05) is 6.92 Å². The fourth-order valence-electron chi connectivity index (χ4n) is 0.357. The van der Waals surface area contributed by atoms with Gasteiger partial charge in [-0.2, -0.15) is 12.6 Å². The van der Waals surface area contributed by atoms with Crippen molar-refractivity contribution in [2.75, 3.05) is 5.75 Å². The second-order valence-corrected chi connectivity index (χ2v) is 2.39. The topological polar surface area (TPSA) is 63.3 Å². The van der Waals surface area contributed by atoms with Crippen molar-refractivity contribution in [2.45, 2.75) is 13.0 Å². The summed E-state index contributed by atoms with van der Waals surface area (Å²) in [7, 11) is 0. The zero-order valence-electron chi connectivity index (χ0n) is 5.24. The molecular weight excluding hydrogens is 138 g/mol. The minimum Gasteiger partial charge on any atom is -0.480 e. The lowest BCUT2D eigenvalue weighted by Gasteiger charge is -2.11. The third-order valence-corrected chi connectivity index (χ3v) is 1.76. The second kappa shape index (κ2) is 3.74. The van der Waals surface area contributed by atoms with Gasteiger partial charge in [-0.25, -0.2) is 0 Å². The molecule has 0 bridgehead atoms. The summed E-state index contributed by atoms with van der Waals surface area (Å²) in [6, 6.07) is -0.775. The third kappa shape index (κ3) is 2.72. The van der Waals surface area contributed by atoms with Gasteiger partial charge in [0, 0.05) is 0 Å². The zero-order chi connectivity index (χ0) is 7.44. The summed E-state index contributed by atoms with van der Waals surface area (Å²) in [5.74, 6) is -0.518. The molecule has 0 aromatic carbocycles. The molecule has 0 unspecified atom stereocenters. The van der Waals surface area contributed by atoms with Gasteiger partial charge in [0.15, 0.2) is 0 Å². The lowest BCUT2D eigenvalue weighted by atomic mass is 10.1. The summed E-state index contributed by atoms with van der Waals surface area (Å²) >= 11 is 3.91. The maximum absolute atomic E-state index is 10.1. The van der Waals surface area contributed by atoms with Gasteiger partial charge in [0.1, 0.15) is 6.04 Å². The minimum absolute atomic E-state index is 0.0640. The van der Waals surface area contributed by atoms with Crippen LogP contribution in [0.15, 0.2) is 0 Å². The van der Waals surface area contributed by atoms with E-state index in [4.69, 9.17) is 10.8 Å². The van der Waals surface area contributed by atoms with E-state index in [0.29, 0.717) is 5.75 Å². The number of nitrogens with two attached hydrogens (primary N) is 1. The Morgan fingerprint density at radius 3 is 2.44 bits per heavy atom. The number of hydrogen-bond donors (Lipinski definition) is 3. The van der Waals surface area contributed by atoms with Crippen LogP contribution in [0.5, 0.6) is 0 Å². The molecule has 3 N–H and O–H groups in total. The van der Waals surface area contributed by atoms with Gasteiger partial charge < -0.3 is 10.8 Å². The van der Waals surface area contributed by atoms with E-state index < -0.39 is 12.0 Å². The van der Waals surface area contributed by atoms with E-state index in [1.165, 1.54) is 0 Å². The molecule has 0 amide bonds. The van der Waals surface area contributed by atoms with E-state index in [1.54, 1.807) is 6.92 Å². The molecule has 0 aliphatic heterocycles. The largest absolute Gasteiger partial charge is 0.480 e. The van der Waals surface area contributed by atoms with Crippen molar-refractivity contribution in [3.8, 4) is 0 Å². The van der Waals surface area contributed by atoms with Crippen molar-refractivity contribution in [1.29, 1.82) is 0 Å². The van der Waals surface area contributed by atoms with Crippen LogP contribution in [0.2, 0.25) is 0 Å². The number of thiol groups is 1. The smallest absolute Gasteiger partial charge is 0.320 e. The second-order valence-electron chi connectivity index (χ2n) is 2.02. The van der Waals surface area contributed by atoms with Gasteiger partial charge in [-0.05, 0) is 11.7 Å². The number of carboxylic acid groups (broad SMARTS) is 1. The summed E-state index contributed by atoms with van der Waals surface area (Å²) < 4.78 is 0. The maximum atomic E-state index is 10.1. The Morgan fingerprint density at radius 1 is 1.89 bits per heavy atom. The molecule has 2 atom stereocenters. The molecule has 3 nitrogen and oxygen atoms in total. The van der Waals surface area contributed by atoms with Crippen molar-refractivity contribution in [3.05, 3.63) is 0 Å². The minimum atomic E-state index is -0.962. The van der Waals surface area contributed by atoms with Crippen LogP contribution >= 0.6 is 12.6 Å². The van der Waals surface area contributed by atoms with Crippen LogP contribution in [0, 0.1) is 5.92 Å². The SMILES string of the molecule is C[C@@H](CS)[C@H](N)C(=O)O. The molecule has 0 fully saturated rings. The molecule has 0 heterocycles. The highest BCUT2D eigenvalue weighted by Crippen LogP contribution is 2.01. The quantitative estimate of drug-likeness (QED) is 0.493. The van der Waals surface area contributed by atoms with Gasteiger partial charge >= 0.3 is 5.97 Å². The van der Waals surface area contributed by atoms with E-state index in [-0.39, 0.29) is 5.92 Å². The Hall–Kier alpha value is -0.220. The molecule has 0 rings (SSSR count). The van der Waals surface area contributed by atoms with E-state index in [1.807, 2.05) is 0 Å². The molecular formula is C5H11NO2S. The fraction of sp³-hybridized carbons (Fsp3) is 0.800. The number of carboxylic acids is 1. The van der Waals surface area contributed by atoms with Crippen LogP contribution in [0.25, 0.3) is 0 Å². The van der Waals surface area contributed by atoms with Gasteiger partial charge in [0.25, 0.3) is 0 Å². The number of hydrogen-bond acceptors (Lipinski definition) is 3. The van der Waals surface area contributed by atoms with Gasteiger partial charge in [0.2, 0.25) is 0 Å². The highest BCUT2D eigenvalue weighted by atomic mass is 32.1. The molecule has 0 spiro atoms. The molecule has 4 heteroatoms. The van der Waals surface area contributed by atoms with E-state index in [9.17, 15) is 4.79 Å². The first kappa shape index (κ1) is 8.78. The molecule has 0 aromatic heterocycles. The van der Waals surface area contributed by atoms with Crippen LogP contribution < -0.4 is 5.73 Å². The van der Waals surface area contributed by atoms with Crippen molar-refractivity contribution in [3.63, 3.8) is 0 Å². The maximum Gasteiger partial charge on any atom is 0.320 e. The van der Waals surface area contributed by atoms with E-state index >= 15 is 0 Å². The molecule has 54 valence electrons. The Morgan fingerprint density at radius 2 is 2.33 bits per heavy atom. The van der Waals surface area contributed by atoms with E-state index in [2.05, 4.69) is 12.6 Å². The number of carbonyl (C=O) groups is 1. The normalized spacial score (nSPS) is 16.8. The molecule has 0 aliphatic rings. The third-order valence-electron chi connectivity index (χ3n) is 1.19. The van der Waals surface area contributed by atoms with Gasteiger partial charge in [-0.15, -0.1) is 0 Å². The predicted octanol–water partition coefficient (Wildman–Crippen LogP) is -0.0358. The number of rotatable bonds is 3. The molecule has 9 heavy (non-hydrogen) atoms. The zero-order valence-corrected chi connectivity index (χ0v) is 6.14. The van der Waals surface area contributed by atoms with Crippen molar-refractivity contribution in [2.24, 2.45) is 11.7 Å². The average Bonchev–Trinajstić information content (AvgIpc) is 1.84. The number of aliphatic carboxylic acids is 1. The summed E-state index contributed by atoms with van der Waals surface area (Å²) in [5, 5.41) is 8.32. The summed E-state index contributed by atoms with van der Waals surface area (Å²) in [6.45, 7) is 1.76. The molecule has 0 aromatic rings. The first-order valence-electron chi connectivity index (χ1n) is 2.68. The highest BCUT2D eigenvalue weighted by molar-refractivity contribution is 7.80. The standard InChI is InChI=1S/C5H11NO2S/c1-3(2-9)4(6)5(7)8/h3-4,9H,2,6H2,1H3,(H,7,8)/t3-,4-/m0/s1. The molecule has 0 saturated carbocycles. The van der Waals surface area contributed by atoms with Gasteiger partial charge in [0.05, 0.1) is 0 Å². The van der Waals surface area contributed by atoms with Gasteiger partial charge in [-0.3, -0.25) is 4.79 Å². The average molecular weight is 149 g/mol. The van der Waals surface area contributed by atoms with Crippen LogP contribution in [0.4, 0.5) is 0 Å². The van der Waals surface area contributed by atoms with Crippen molar-refractivity contribution < 1.29 is 9.90 Å².